The van der Waals surface area contributed by atoms with Crippen molar-refractivity contribution in [1.29, 1.82) is 0 Å². The Kier molecular flexibility index (Phi) is 4.64. The molecule has 0 unspecified atom stereocenters. The number of hydrogen-bond acceptors (Lipinski definition) is 4. The normalized spacial score (nSPS) is 12.8. The van der Waals surface area contributed by atoms with Crippen molar-refractivity contribution < 1.29 is 30.0 Å². The largest absolute Gasteiger partial charge is 0.416 e. The zero-order valence-electron chi connectivity index (χ0n) is 12.2. The molecule has 0 amide bonds. The van der Waals surface area contributed by atoms with E-state index in [2.05, 4.69) is 0 Å². The zero-order valence-corrected chi connectivity index (χ0v) is 13.8. The molecule has 1 N–H and O–H groups in total. The molecular weight excluding hydrogens is 367 g/mol. The average molecular weight is 379 g/mol. The van der Waals surface area contributed by atoms with Gasteiger partial charge in [-0.15, -0.1) is 0 Å². The molecule has 5 nitrogen and oxygen atoms in total. The number of para-hydroxylation sites is 1. The third-order valence-corrected chi connectivity index (χ3v) is 5.52. The van der Waals surface area contributed by atoms with Crippen molar-refractivity contribution in [3.8, 4) is 0 Å². The maximum absolute atomic E-state index is 12.7. The second kappa shape index (κ2) is 6.10. The summed E-state index contributed by atoms with van der Waals surface area (Å²) in [4.78, 5) is -0.902. The molecule has 0 fully saturated rings. The second-order valence-corrected chi connectivity index (χ2v) is 8.57. The van der Waals surface area contributed by atoms with Crippen LogP contribution in [0.25, 0.3) is 0 Å². The van der Waals surface area contributed by atoms with Crippen molar-refractivity contribution in [2.45, 2.75) is 16.0 Å². The Hall–Kier alpha value is -2.07. The highest BCUT2D eigenvalue weighted by atomic mass is 32.2. The molecule has 0 saturated carbocycles. The first-order valence-electron chi connectivity index (χ1n) is 6.40. The Morgan fingerprint density at radius 3 is 2.12 bits per heavy atom. The van der Waals surface area contributed by atoms with Gasteiger partial charge in [0.15, 0.2) is 9.84 Å². The number of halogens is 3. The molecule has 2 aromatic carbocycles. The summed E-state index contributed by atoms with van der Waals surface area (Å²) in [6.07, 6.45) is -3.80. The topological polar surface area (TPSA) is 80.3 Å². The molecule has 0 aliphatic heterocycles. The lowest BCUT2D eigenvalue weighted by Gasteiger charge is -2.13. The maximum Gasteiger partial charge on any atom is 0.416 e. The number of sulfonamides is 1. The van der Waals surface area contributed by atoms with Crippen LogP contribution in [0.5, 0.6) is 0 Å². The predicted molar refractivity (Wildman–Crippen MR) is 81.8 cm³/mol. The summed E-state index contributed by atoms with van der Waals surface area (Å²) in [7, 11) is -8.12. The minimum absolute atomic E-state index is 0.239. The van der Waals surface area contributed by atoms with Gasteiger partial charge in [-0.3, -0.25) is 4.72 Å². The van der Waals surface area contributed by atoms with Gasteiger partial charge in [0, 0.05) is 6.26 Å². The lowest BCUT2D eigenvalue weighted by molar-refractivity contribution is -0.137. The van der Waals surface area contributed by atoms with Crippen LogP contribution < -0.4 is 4.72 Å². The first-order valence-corrected chi connectivity index (χ1v) is 9.78. The molecule has 0 saturated heterocycles. The van der Waals surface area contributed by atoms with Crippen LogP contribution in [0, 0.1) is 0 Å². The van der Waals surface area contributed by atoms with E-state index in [1.54, 1.807) is 0 Å². The van der Waals surface area contributed by atoms with Gasteiger partial charge in [0.05, 0.1) is 21.0 Å². The molecule has 0 atom stereocenters. The van der Waals surface area contributed by atoms with E-state index in [0.29, 0.717) is 6.07 Å². The minimum atomic E-state index is -4.70. The van der Waals surface area contributed by atoms with Crippen LogP contribution in [0.15, 0.2) is 58.3 Å². The fraction of sp³-hybridized carbons (Fsp3) is 0.143. The second-order valence-electron chi connectivity index (χ2n) is 4.90. The number of rotatable bonds is 4. The van der Waals surface area contributed by atoms with Gasteiger partial charge < -0.3 is 0 Å². The maximum atomic E-state index is 12.7. The van der Waals surface area contributed by atoms with Gasteiger partial charge in [-0.2, -0.15) is 13.2 Å². The zero-order chi connectivity index (χ0) is 18.2. The molecule has 2 rings (SSSR count). The Morgan fingerprint density at radius 2 is 1.54 bits per heavy atom. The number of nitrogens with one attached hydrogen (secondary N) is 1. The predicted octanol–water partition coefficient (Wildman–Crippen LogP) is 2.91. The number of alkyl halides is 3. The van der Waals surface area contributed by atoms with Crippen molar-refractivity contribution in [2.75, 3.05) is 11.0 Å². The van der Waals surface area contributed by atoms with E-state index >= 15 is 0 Å². The van der Waals surface area contributed by atoms with E-state index in [0.717, 1.165) is 24.5 Å². The van der Waals surface area contributed by atoms with Gasteiger partial charge >= 0.3 is 6.18 Å². The highest BCUT2D eigenvalue weighted by Crippen LogP contribution is 2.31. The van der Waals surface area contributed by atoms with Crippen molar-refractivity contribution in [3.63, 3.8) is 0 Å². The van der Waals surface area contributed by atoms with Crippen molar-refractivity contribution in [1.82, 2.24) is 0 Å². The van der Waals surface area contributed by atoms with Crippen LogP contribution >= 0.6 is 0 Å². The monoisotopic (exact) mass is 379 g/mol. The summed E-state index contributed by atoms with van der Waals surface area (Å²) < 4.78 is 88.1. The van der Waals surface area contributed by atoms with Gasteiger partial charge in [0.2, 0.25) is 0 Å². The standard InChI is InChI=1S/C14H12F3NO4S2/c1-23(19,20)13-8-3-2-7-12(13)18-24(21,22)11-6-4-5-10(9-11)14(15,16)17/h2-9,18H,1H3. The van der Waals surface area contributed by atoms with Gasteiger partial charge in [0.1, 0.15) is 0 Å². The molecule has 0 heterocycles. The molecule has 0 aromatic heterocycles. The van der Waals surface area contributed by atoms with Crippen LogP contribution in [-0.4, -0.2) is 23.1 Å². The molecule has 0 radical (unpaired) electrons. The van der Waals surface area contributed by atoms with Gasteiger partial charge in [-0.25, -0.2) is 16.8 Å². The summed E-state index contributed by atoms with van der Waals surface area (Å²) >= 11 is 0. The minimum Gasteiger partial charge on any atom is -0.278 e. The molecule has 10 heteroatoms. The summed E-state index contributed by atoms with van der Waals surface area (Å²) in [5.41, 5.74) is -1.36. The number of anilines is 1. The van der Waals surface area contributed by atoms with Gasteiger partial charge in [-0.05, 0) is 30.3 Å². The summed E-state index contributed by atoms with van der Waals surface area (Å²) in [5.74, 6) is 0. The van der Waals surface area contributed by atoms with Crippen molar-refractivity contribution in [3.05, 3.63) is 54.1 Å². The first kappa shape index (κ1) is 18.3. The molecule has 0 spiro atoms. The molecule has 0 aliphatic carbocycles. The first-order chi connectivity index (χ1) is 10.9. The molecule has 2 aromatic rings. The van der Waals surface area contributed by atoms with Crippen LogP contribution in [0.2, 0.25) is 0 Å². The average Bonchev–Trinajstić information content (AvgIpc) is 2.45. The third kappa shape index (κ3) is 4.06. The number of sulfone groups is 1. The smallest absolute Gasteiger partial charge is 0.278 e. The van der Waals surface area contributed by atoms with Crippen molar-refractivity contribution >= 4 is 25.5 Å². The molecule has 130 valence electrons. The fourth-order valence-corrected chi connectivity index (χ4v) is 3.95. The van der Waals surface area contributed by atoms with Crippen molar-refractivity contribution in [2.24, 2.45) is 0 Å². The van der Waals surface area contributed by atoms with E-state index < -0.39 is 36.5 Å². The highest BCUT2D eigenvalue weighted by Gasteiger charge is 2.31. The lowest BCUT2D eigenvalue weighted by atomic mass is 10.2. The summed E-state index contributed by atoms with van der Waals surface area (Å²) in [6, 6.07) is 8.37. The van der Waals surface area contributed by atoms with Crippen LogP contribution in [0.4, 0.5) is 18.9 Å². The van der Waals surface area contributed by atoms with Crippen LogP contribution in [-0.2, 0) is 26.0 Å². The summed E-state index contributed by atoms with van der Waals surface area (Å²) in [6.45, 7) is 0. The Bertz CT molecular complexity index is 968. The van der Waals surface area contributed by atoms with Gasteiger partial charge in [0.25, 0.3) is 10.0 Å². The van der Waals surface area contributed by atoms with E-state index in [1.165, 1.54) is 24.3 Å². The highest BCUT2D eigenvalue weighted by molar-refractivity contribution is 7.93. The molecule has 24 heavy (non-hydrogen) atoms. The quantitative estimate of drug-likeness (QED) is 0.886. The lowest BCUT2D eigenvalue weighted by Crippen LogP contribution is -2.16. The van der Waals surface area contributed by atoms with Crippen LogP contribution in [0.1, 0.15) is 5.56 Å². The number of benzene rings is 2. The van der Waals surface area contributed by atoms with Crippen LogP contribution in [0.3, 0.4) is 0 Å². The fourth-order valence-electron chi connectivity index (χ4n) is 1.92. The Balaban J connectivity index is 2.48. The number of hydrogen-bond donors (Lipinski definition) is 1. The third-order valence-electron chi connectivity index (χ3n) is 3.00. The van der Waals surface area contributed by atoms with E-state index in [4.69, 9.17) is 0 Å². The Morgan fingerprint density at radius 1 is 0.917 bits per heavy atom. The molecule has 0 aliphatic rings. The Labute approximate surface area is 137 Å². The van der Waals surface area contributed by atoms with Gasteiger partial charge in [-0.1, -0.05) is 18.2 Å². The van der Waals surface area contributed by atoms with E-state index in [-0.39, 0.29) is 10.6 Å². The SMILES string of the molecule is CS(=O)(=O)c1ccccc1NS(=O)(=O)c1cccc(C(F)(F)F)c1. The molecular formula is C14H12F3NO4S2. The van der Waals surface area contributed by atoms with E-state index in [1.807, 2.05) is 4.72 Å². The van der Waals surface area contributed by atoms with E-state index in [9.17, 15) is 30.0 Å². The summed E-state index contributed by atoms with van der Waals surface area (Å²) in [5, 5.41) is 0. The molecule has 0 bridgehead atoms.